The van der Waals surface area contributed by atoms with Gasteiger partial charge in [0.1, 0.15) is 11.8 Å². The average Bonchev–Trinajstić information content (AvgIpc) is 3.21. The first-order valence-corrected chi connectivity index (χ1v) is 8.94. The van der Waals surface area contributed by atoms with Crippen LogP contribution in [0.5, 0.6) is 0 Å². The molecule has 0 aromatic carbocycles. The predicted molar refractivity (Wildman–Crippen MR) is 95.8 cm³/mol. The van der Waals surface area contributed by atoms with Crippen LogP contribution in [0.3, 0.4) is 0 Å². The standard InChI is InChI=1S/C17H21N3O5S/c1-10(17(23)24)20(7-6-18-12(3)21)15(22)9-13-11(2)25-16(19-13)14-5-4-8-26-14/h4-5,8,10H,6-7,9H2,1-3H3,(H,18,21)(H,23,24). The van der Waals surface area contributed by atoms with Crippen LogP contribution >= 0.6 is 11.3 Å². The summed E-state index contributed by atoms with van der Waals surface area (Å²) in [6.07, 6.45) is -0.0710. The van der Waals surface area contributed by atoms with Gasteiger partial charge in [0.2, 0.25) is 17.7 Å². The molecule has 1 atom stereocenters. The third kappa shape index (κ3) is 4.92. The second kappa shape index (κ2) is 8.61. The number of thiophene rings is 1. The van der Waals surface area contributed by atoms with Gasteiger partial charge in [-0.1, -0.05) is 6.07 Å². The SMILES string of the molecule is CC(=O)NCCN(C(=O)Cc1nc(-c2cccs2)oc1C)C(C)C(=O)O. The zero-order valence-corrected chi connectivity index (χ0v) is 15.6. The van der Waals surface area contributed by atoms with Gasteiger partial charge in [-0.2, -0.15) is 0 Å². The minimum absolute atomic E-state index is 0.0710. The van der Waals surface area contributed by atoms with Crippen LogP contribution in [0.2, 0.25) is 0 Å². The number of carboxylic acids is 1. The number of oxazole rings is 1. The molecule has 1 unspecified atom stereocenters. The van der Waals surface area contributed by atoms with Gasteiger partial charge >= 0.3 is 5.97 Å². The largest absolute Gasteiger partial charge is 0.480 e. The number of aliphatic carboxylic acids is 1. The van der Waals surface area contributed by atoms with E-state index < -0.39 is 12.0 Å². The van der Waals surface area contributed by atoms with Crippen molar-refractivity contribution in [3.63, 3.8) is 0 Å². The van der Waals surface area contributed by atoms with Gasteiger partial charge in [0, 0.05) is 20.0 Å². The Labute approximate surface area is 154 Å². The van der Waals surface area contributed by atoms with E-state index >= 15 is 0 Å². The number of amides is 2. The van der Waals surface area contributed by atoms with Crippen LogP contribution in [-0.2, 0) is 20.8 Å². The van der Waals surface area contributed by atoms with E-state index in [0.717, 1.165) is 4.88 Å². The van der Waals surface area contributed by atoms with Crippen molar-refractivity contribution in [1.82, 2.24) is 15.2 Å². The quantitative estimate of drug-likeness (QED) is 0.722. The molecule has 0 aliphatic rings. The van der Waals surface area contributed by atoms with Gasteiger partial charge in [-0.25, -0.2) is 9.78 Å². The number of nitrogens with one attached hydrogen (secondary N) is 1. The smallest absolute Gasteiger partial charge is 0.326 e. The fourth-order valence-corrected chi connectivity index (χ4v) is 3.01. The summed E-state index contributed by atoms with van der Waals surface area (Å²) < 4.78 is 5.62. The summed E-state index contributed by atoms with van der Waals surface area (Å²) in [5.74, 6) is -0.784. The highest BCUT2D eigenvalue weighted by molar-refractivity contribution is 7.13. The van der Waals surface area contributed by atoms with Gasteiger partial charge in [0.15, 0.2) is 0 Å². The number of hydrogen-bond donors (Lipinski definition) is 2. The second-order valence-corrected chi connectivity index (χ2v) is 6.71. The first kappa shape index (κ1) is 19.6. The Kier molecular flexibility index (Phi) is 6.51. The number of aromatic nitrogens is 1. The van der Waals surface area contributed by atoms with Crippen LogP contribution in [0, 0.1) is 6.92 Å². The maximum absolute atomic E-state index is 12.7. The summed E-state index contributed by atoms with van der Waals surface area (Å²) >= 11 is 1.48. The Bertz CT molecular complexity index is 784. The molecule has 8 nitrogen and oxygen atoms in total. The third-order valence-corrected chi connectivity index (χ3v) is 4.67. The molecule has 2 heterocycles. The Morgan fingerprint density at radius 3 is 2.73 bits per heavy atom. The zero-order valence-electron chi connectivity index (χ0n) is 14.8. The Morgan fingerprint density at radius 2 is 2.15 bits per heavy atom. The van der Waals surface area contributed by atoms with Crippen molar-refractivity contribution in [2.75, 3.05) is 13.1 Å². The van der Waals surface area contributed by atoms with E-state index in [9.17, 15) is 19.5 Å². The first-order chi connectivity index (χ1) is 12.3. The minimum Gasteiger partial charge on any atom is -0.480 e. The first-order valence-electron chi connectivity index (χ1n) is 8.06. The van der Waals surface area contributed by atoms with Crippen molar-refractivity contribution in [3.8, 4) is 10.8 Å². The lowest BCUT2D eigenvalue weighted by atomic mass is 10.2. The summed E-state index contributed by atoms with van der Waals surface area (Å²) in [6.45, 7) is 4.78. The molecular formula is C17H21N3O5S. The Hall–Kier alpha value is -2.68. The van der Waals surface area contributed by atoms with E-state index in [-0.39, 0.29) is 31.3 Å². The lowest BCUT2D eigenvalue weighted by Gasteiger charge is -2.26. The van der Waals surface area contributed by atoms with Crippen LogP contribution in [-0.4, -0.2) is 51.9 Å². The van der Waals surface area contributed by atoms with E-state index in [1.54, 1.807) is 6.92 Å². The second-order valence-electron chi connectivity index (χ2n) is 5.76. The fourth-order valence-electron chi connectivity index (χ4n) is 2.36. The normalized spacial score (nSPS) is 11.8. The van der Waals surface area contributed by atoms with E-state index in [0.29, 0.717) is 17.3 Å². The summed E-state index contributed by atoms with van der Waals surface area (Å²) in [6, 6.07) is 2.73. The molecule has 0 spiro atoms. The van der Waals surface area contributed by atoms with Crippen LogP contribution in [0.25, 0.3) is 10.8 Å². The van der Waals surface area contributed by atoms with Crippen molar-refractivity contribution in [2.45, 2.75) is 33.2 Å². The van der Waals surface area contributed by atoms with Gasteiger partial charge in [-0.05, 0) is 25.3 Å². The van der Waals surface area contributed by atoms with Gasteiger partial charge < -0.3 is 19.7 Å². The molecule has 2 N–H and O–H groups in total. The van der Waals surface area contributed by atoms with Crippen LogP contribution < -0.4 is 5.32 Å². The molecule has 0 aliphatic carbocycles. The van der Waals surface area contributed by atoms with Gasteiger partial charge in [-0.15, -0.1) is 11.3 Å². The Morgan fingerprint density at radius 1 is 1.42 bits per heavy atom. The van der Waals surface area contributed by atoms with Crippen molar-refractivity contribution < 1.29 is 23.9 Å². The van der Waals surface area contributed by atoms with Gasteiger partial charge in [-0.3, -0.25) is 9.59 Å². The summed E-state index contributed by atoms with van der Waals surface area (Å²) in [5.41, 5.74) is 0.473. The highest BCUT2D eigenvalue weighted by atomic mass is 32.1. The zero-order chi connectivity index (χ0) is 19.3. The number of carboxylic acid groups (broad SMARTS) is 1. The number of carbonyl (C=O) groups excluding carboxylic acids is 2. The van der Waals surface area contributed by atoms with Crippen molar-refractivity contribution >= 4 is 29.1 Å². The molecule has 0 saturated heterocycles. The van der Waals surface area contributed by atoms with Gasteiger partial charge in [0.05, 0.1) is 17.0 Å². The summed E-state index contributed by atoms with van der Waals surface area (Å²) in [5, 5.41) is 13.7. The molecule has 2 aromatic rings. The molecule has 26 heavy (non-hydrogen) atoms. The van der Waals surface area contributed by atoms with Gasteiger partial charge in [0.25, 0.3) is 0 Å². The number of nitrogens with zero attached hydrogens (tertiary/aromatic N) is 2. The van der Waals surface area contributed by atoms with E-state index in [2.05, 4.69) is 10.3 Å². The van der Waals surface area contributed by atoms with Crippen molar-refractivity contribution in [2.24, 2.45) is 0 Å². The van der Waals surface area contributed by atoms with E-state index in [4.69, 9.17) is 4.42 Å². The molecule has 0 aliphatic heterocycles. The van der Waals surface area contributed by atoms with Crippen molar-refractivity contribution in [3.05, 3.63) is 29.0 Å². The Balaban J connectivity index is 2.12. The molecule has 2 amide bonds. The number of hydrogen-bond acceptors (Lipinski definition) is 6. The molecular weight excluding hydrogens is 358 g/mol. The predicted octanol–water partition coefficient (Wildman–Crippen LogP) is 1.69. The highest BCUT2D eigenvalue weighted by Crippen LogP contribution is 2.26. The summed E-state index contributed by atoms with van der Waals surface area (Å²) in [4.78, 5) is 41.4. The minimum atomic E-state index is -1.11. The molecule has 0 saturated carbocycles. The highest BCUT2D eigenvalue weighted by Gasteiger charge is 2.27. The van der Waals surface area contributed by atoms with E-state index in [1.807, 2.05) is 17.5 Å². The third-order valence-electron chi connectivity index (χ3n) is 3.82. The molecule has 9 heteroatoms. The lowest BCUT2D eigenvalue weighted by molar-refractivity contribution is -0.149. The monoisotopic (exact) mass is 379 g/mol. The maximum Gasteiger partial charge on any atom is 0.326 e. The van der Waals surface area contributed by atoms with Crippen LogP contribution in [0.15, 0.2) is 21.9 Å². The van der Waals surface area contributed by atoms with E-state index in [1.165, 1.54) is 30.1 Å². The molecule has 140 valence electrons. The molecule has 0 radical (unpaired) electrons. The van der Waals surface area contributed by atoms with Crippen LogP contribution in [0.4, 0.5) is 0 Å². The number of carbonyl (C=O) groups is 3. The molecule has 0 fully saturated rings. The number of aryl methyl sites for hydroxylation is 1. The van der Waals surface area contributed by atoms with Crippen molar-refractivity contribution in [1.29, 1.82) is 0 Å². The maximum atomic E-state index is 12.7. The topological polar surface area (TPSA) is 113 Å². The summed E-state index contributed by atoms with van der Waals surface area (Å²) in [7, 11) is 0. The van der Waals surface area contributed by atoms with Crippen LogP contribution in [0.1, 0.15) is 25.3 Å². The number of rotatable bonds is 8. The lowest BCUT2D eigenvalue weighted by Crippen LogP contribution is -2.47. The molecule has 0 bridgehead atoms. The fraction of sp³-hybridized carbons (Fsp3) is 0.412. The molecule has 2 rings (SSSR count). The molecule has 2 aromatic heterocycles. The average molecular weight is 379 g/mol.